The molecule has 4 nitrogen and oxygen atoms in total. The van der Waals surface area contributed by atoms with Crippen molar-refractivity contribution in [3.05, 3.63) is 28.8 Å². The summed E-state index contributed by atoms with van der Waals surface area (Å²) in [6.45, 7) is 0.541. The third-order valence-electron chi connectivity index (χ3n) is 2.12. The zero-order valence-electron chi connectivity index (χ0n) is 9.50. The van der Waals surface area contributed by atoms with Gasteiger partial charge in [-0.15, -0.1) is 0 Å². The molecular formula is C12H13ClN2O2. The molecule has 0 unspecified atom stereocenters. The molecule has 17 heavy (non-hydrogen) atoms. The van der Waals surface area contributed by atoms with Crippen molar-refractivity contribution >= 4 is 23.2 Å². The van der Waals surface area contributed by atoms with Gasteiger partial charge < -0.3 is 10.1 Å². The Morgan fingerprint density at radius 1 is 1.59 bits per heavy atom. The molecule has 0 aliphatic heterocycles. The number of halogens is 1. The van der Waals surface area contributed by atoms with E-state index in [1.807, 2.05) is 6.07 Å². The Balaban J connectivity index is 2.61. The Bertz CT molecular complexity index is 441. The lowest BCUT2D eigenvalue weighted by atomic mass is 10.2. The van der Waals surface area contributed by atoms with E-state index in [0.717, 1.165) is 0 Å². The summed E-state index contributed by atoms with van der Waals surface area (Å²) in [5.74, 6) is -0.140. The maximum atomic E-state index is 11.5. The van der Waals surface area contributed by atoms with Crippen LogP contribution in [0.15, 0.2) is 18.2 Å². The Morgan fingerprint density at radius 3 is 3.00 bits per heavy atom. The minimum Gasteiger partial charge on any atom is -0.385 e. The first kappa shape index (κ1) is 13.5. The molecular weight excluding hydrogens is 240 g/mol. The van der Waals surface area contributed by atoms with E-state index in [9.17, 15) is 4.79 Å². The predicted octanol–water partition coefficient (Wildman–Crippen LogP) is 2.58. The summed E-state index contributed by atoms with van der Waals surface area (Å²) in [7, 11) is 1.59. The lowest BCUT2D eigenvalue weighted by Gasteiger charge is -2.07. The maximum absolute atomic E-state index is 11.5. The molecule has 0 heterocycles. The molecule has 0 aromatic heterocycles. The van der Waals surface area contributed by atoms with Crippen LogP contribution in [0.3, 0.4) is 0 Å². The summed E-state index contributed by atoms with van der Waals surface area (Å²) in [4.78, 5) is 11.5. The van der Waals surface area contributed by atoms with Gasteiger partial charge in [0.25, 0.3) is 0 Å². The highest BCUT2D eigenvalue weighted by Crippen LogP contribution is 2.22. The van der Waals surface area contributed by atoms with Crippen molar-refractivity contribution in [2.45, 2.75) is 12.8 Å². The van der Waals surface area contributed by atoms with Crippen molar-refractivity contribution in [2.24, 2.45) is 0 Å². The first-order chi connectivity index (χ1) is 8.17. The average molecular weight is 253 g/mol. The van der Waals surface area contributed by atoms with Gasteiger partial charge in [-0.25, -0.2) is 0 Å². The van der Waals surface area contributed by atoms with Crippen LogP contribution < -0.4 is 5.32 Å². The summed E-state index contributed by atoms with van der Waals surface area (Å²) in [6.07, 6.45) is 1.01. The number of nitriles is 1. The highest BCUT2D eigenvalue weighted by Gasteiger charge is 2.06. The zero-order valence-corrected chi connectivity index (χ0v) is 10.3. The quantitative estimate of drug-likeness (QED) is 0.820. The van der Waals surface area contributed by atoms with E-state index >= 15 is 0 Å². The van der Waals surface area contributed by atoms with Gasteiger partial charge in [0.15, 0.2) is 0 Å². The number of hydrogen-bond acceptors (Lipinski definition) is 3. The SMILES string of the molecule is COCCCC(=O)Nc1cc(C#N)ccc1Cl. The van der Waals surface area contributed by atoms with E-state index in [-0.39, 0.29) is 5.91 Å². The molecule has 1 aromatic rings. The number of carbonyl (C=O) groups excluding carboxylic acids is 1. The number of carbonyl (C=O) groups is 1. The Morgan fingerprint density at radius 2 is 2.35 bits per heavy atom. The fourth-order valence-electron chi connectivity index (χ4n) is 1.28. The van der Waals surface area contributed by atoms with Crippen molar-refractivity contribution in [2.75, 3.05) is 19.0 Å². The fraction of sp³-hybridized carbons (Fsp3) is 0.333. The molecule has 0 radical (unpaired) electrons. The molecule has 90 valence electrons. The van der Waals surface area contributed by atoms with E-state index < -0.39 is 0 Å². The number of hydrogen-bond donors (Lipinski definition) is 1. The summed E-state index contributed by atoms with van der Waals surface area (Å²) in [5, 5.41) is 11.8. The van der Waals surface area contributed by atoms with E-state index in [1.165, 1.54) is 0 Å². The van der Waals surface area contributed by atoms with Gasteiger partial charge in [-0.2, -0.15) is 5.26 Å². The van der Waals surface area contributed by atoms with Crippen molar-refractivity contribution in [1.29, 1.82) is 5.26 Å². The van der Waals surface area contributed by atoms with Crippen LogP contribution in [-0.2, 0) is 9.53 Å². The summed E-state index contributed by atoms with van der Waals surface area (Å²) >= 11 is 5.91. The summed E-state index contributed by atoms with van der Waals surface area (Å²) < 4.78 is 4.85. The Labute approximate surface area is 105 Å². The highest BCUT2D eigenvalue weighted by molar-refractivity contribution is 6.33. The zero-order chi connectivity index (χ0) is 12.7. The topological polar surface area (TPSA) is 62.1 Å². The highest BCUT2D eigenvalue weighted by atomic mass is 35.5. The molecule has 0 bridgehead atoms. The van der Waals surface area contributed by atoms with Gasteiger partial charge in [-0.1, -0.05) is 11.6 Å². The van der Waals surface area contributed by atoms with Crippen LogP contribution in [0.25, 0.3) is 0 Å². The lowest BCUT2D eigenvalue weighted by molar-refractivity contribution is -0.116. The van der Waals surface area contributed by atoms with Gasteiger partial charge in [-0.05, 0) is 24.6 Å². The van der Waals surface area contributed by atoms with Gasteiger partial charge in [0, 0.05) is 20.1 Å². The largest absolute Gasteiger partial charge is 0.385 e. The Hall–Kier alpha value is -1.57. The van der Waals surface area contributed by atoms with Gasteiger partial charge in [0.05, 0.1) is 22.3 Å². The molecule has 0 saturated heterocycles. The average Bonchev–Trinajstić information content (AvgIpc) is 2.32. The minimum atomic E-state index is -0.140. The van der Waals surface area contributed by atoms with Gasteiger partial charge >= 0.3 is 0 Å². The maximum Gasteiger partial charge on any atom is 0.224 e. The number of nitrogens with one attached hydrogen (secondary N) is 1. The third kappa shape index (κ3) is 4.43. The number of amides is 1. The van der Waals surface area contributed by atoms with E-state index in [2.05, 4.69) is 5.32 Å². The number of methoxy groups -OCH3 is 1. The molecule has 0 fully saturated rings. The molecule has 0 aliphatic rings. The normalized spacial score (nSPS) is 9.71. The third-order valence-corrected chi connectivity index (χ3v) is 2.45. The molecule has 0 spiro atoms. The van der Waals surface area contributed by atoms with Crippen LogP contribution in [0.2, 0.25) is 5.02 Å². The van der Waals surface area contributed by atoms with Crippen LogP contribution in [0, 0.1) is 11.3 Å². The van der Waals surface area contributed by atoms with Crippen molar-refractivity contribution < 1.29 is 9.53 Å². The first-order valence-corrected chi connectivity index (χ1v) is 5.53. The minimum absolute atomic E-state index is 0.140. The van der Waals surface area contributed by atoms with Crippen LogP contribution in [0.4, 0.5) is 5.69 Å². The molecule has 0 aliphatic carbocycles. The molecule has 1 aromatic carbocycles. The second kappa shape index (κ2) is 6.89. The molecule has 1 rings (SSSR count). The second-order valence-corrected chi connectivity index (χ2v) is 3.86. The molecule has 1 N–H and O–H groups in total. The van der Waals surface area contributed by atoms with Gasteiger partial charge in [0.1, 0.15) is 0 Å². The molecule has 5 heteroatoms. The van der Waals surface area contributed by atoms with Crippen molar-refractivity contribution in [3.8, 4) is 6.07 Å². The molecule has 0 saturated carbocycles. The molecule has 1 amide bonds. The lowest BCUT2D eigenvalue weighted by Crippen LogP contribution is -2.12. The summed E-state index contributed by atoms with van der Waals surface area (Å²) in [6, 6.07) is 6.73. The monoisotopic (exact) mass is 252 g/mol. The van der Waals surface area contributed by atoms with Crippen LogP contribution in [-0.4, -0.2) is 19.6 Å². The van der Waals surface area contributed by atoms with Crippen LogP contribution >= 0.6 is 11.6 Å². The number of anilines is 1. The van der Waals surface area contributed by atoms with E-state index in [0.29, 0.717) is 35.7 Å². The predicted molar refractivity (Wildman–Crippen MR) is 65.9 cm³/mol. The first-order valence-electron chi connectivity index (χ1n) is 5.16. The summed E-state index contributed by atoms with van der Waals surface area (Å²) in [5.41, 5.74) is 0.926. The van der Waals surface area contributed by atoms with E-state index in [4.69, 9.17) is 21.6 Å². The van der Waals surface area contributed by atoms with Crippen molar-refractivity contribution in [3.63, 3.8) is 0 Å². The smallest absolute Gasteiger partial charge is 0.224 e. The number of rotatable bonds is 5. The van der Waals surface area contributed by atoms with Gasteiger partial charge in [-0.3, -0.25) is 4.79 Å². The fourth-order valence-corrected chi connectivity index (χ4v) is 1.45. The second-order valence-electron chi connectivity index (χ2n) is 3.45. The Kier molecular flexibility index (Phi) is 5.47. The van der Waals surface area contributed by atoms with Crippen LogP contribution in [0.1, 0.15) is 18.4 Å². The van der Waals surface area contributed by atoms with Gasteiger partial charge in [0.2, 0.25) is 5.91 Å². The van der Waals surface area contributed by atoms with Crippen LogP contribution in [0.5, 0.6) is 0 Å². The van der Waals surface area contributed by atoms with Crippen molar-refractivity contribution in [1.82, 2.24) is 0 Å². The number of nitrogens with zero attached hydrogens (tertiary/aromatic N) is 1. The number of ether oxygens (including phenoxy) is 1. The number of benzene rings is 1. The van der Waals surface area contributed by atoms with E-state index in [1.54, 1.807) is 25.3 Å². The molecule has 0 atom stereocenters. The standard InChI is InChI=1S/C12H13ClN2O2/c1-17-6-2-3-12(16)15-11-7-9(8-14)4-5-10(11)13/h4-5,7H,2-3,6H2,1H3,(H,15,16).